The van der Waals surface area contributed by atoms with E-state index in [0.717, 1.165) is 42.5 Å². The number of H-pyrrole nitrogens is 1. The van der Waals surface area contributed by atoms with Gasteiger partial charge in [-0.05, 0) is 55.0 Å². The van der Waals surface area contributed by atoms with E-state index in [9.17, 15) is 4.79 Å². The fourth-order valence-electron chi connectivity index (χ4n) is 3.02. The standard InChI is InChI=1S/C18H22N4O2/c1-3-11-8-14-16(15(9-11)18(23)24-2)21-22-17(14)20-10-12-5-4-6-13(19)7-12/h7-9,19H,3-6,10H2,1-2H3,(H2,20,21,22). The first-order valence-electron chi connectivity index (χ1n) is 8.22. The van der Waals surface area contributed by atoms with Crippen LogP contribution in [0, 0.1) is 5.41 Å². The van der Waals surface area contributed by atoms with Gasteiger partial charge in [-0.1, -0.05) is 6.92 Å². The number of nitrogens with one attached hydrogen (secondary N) is 3. The highest BCUT2D eigenvalue weighted by Crippen LogP contribution is 2.27. The highest BCUT2D eigenvalue weighted by atomic mass is 16.5. The van der Waals surface area contributed by atoms with Crippen molar-refractivity contribution in [2.24, 2.45) is 0 Å². The molecule has 0 unspecified atom stereocenters. The maximum Gasteiger partial charge on any atom is 0.340 e. The van der Waals surface area contributed by atoms with Crippen molar-refractivity contribution in [3.05, 3.63) is 34.9 Å². The van der Waals surface area contributed by atoms with Crippen LogP contribution in [0.1, 0.15) is 42.1 Å². The number of aryl methyl sites for hydroxylation is 1. The lowest BCUT2D eigenvalue weighted by Crippen LogP contribution is -2.11. The van der Waals surface area contributed by atoms with Crippen molar-refractivity contribution in [2.45, 2.75) is 32.6 Å². The van der Waals surface area contributed by atoms with Crippen molar-refractivity contribution in [2.75, 3.05) is 19.0 Å². The number of hydrogen-bond acceptors (Lipinski definition) is 5. The summed E-state index contributed by atoms with van der Waals surface area (Å²) in [6, 6.07) is 3.89. The van der Waals surface area contributed by atoms with Crippen LogP contribution in [0.3, 0.4) is 0 Å². The molecule has 3 N–H and O–H groups in total. The van der Waals surface area contributed by atoms with E-state index in [4.69, 9.17) is 10.1 Å². The Morgan fingerprint density at radius 1 is 1.42 bits per heavy atom. The second kappa shape index (κ2) is 6.86. The fourth-order valence-corrected chi connectivity index (χ4v) is 3.02. The van der Waals surface area contributed by atoms with Crippen molar-refractivity contribution in [3.8, 4) is 0 Å². The molecule has 6 nitrogen and oxygen atoms in total. The molecule has 3 rings (SSSR count). The number of benzene rings is 1. The van der Waals surface area contributed by atoms with Crippen LogP contribution < -0.4 is 5.32 Å². The Bertz CT molecular complexity index is 820. The van der Waals surface area contributed by atoms with Crippen molar-refractivity contribution < 1.29 is 9.53 Å². The molecule has 0 aliphatic heterocycles. The molecule has 0 amide bonds. The third-order valence-electron chi connectivity index (χ3n) is 4.35. The van der Waals surface area contributed by atoms with Gasteiger partial charge in [-0.2, -0.15) is 5.10 Å². The average molecular weight is 326 g/mol. The summed E-state index contributed by atoms with van der Waals surface area (Å²) in [5, 5.41) is 19.3. The summed E-state index contributed by atoms with van der Waals surface area (Å²) < 4.78 is 4.88. The summed E-state index contributed by atoms with van der Waals surface area (Å²) in [4.78, 5) is 12.0. The lowest BCUT2D eigenvalue weighted by atomic mass is 9.98. The largest absolute Gasteiger partial charge is 0.465 e. The second-order valence-electron chi connectivity index (χ2n) is 6.02. The lowest BCUT2D eigenvalue weighted by Gasteiger charge is -2.14. The molecule has 1 heterocycles. The van der Waals surface area contributed by atoms with Crippen LogP contribution in [-0.2, 0) is 11.2 Å². The normalized spacial score (nSPS) is 14.6. The number of aromatic nitrogens is 2. The van der Waals surface area contributed by atoms with E-state index in [2.05, 4.69) is 15.5 Å². The van der Waals surface area contributed by atoms with Crippen LogP contribution in [0.15, 0.2) is 23.8 Å². The third kappa shape index (κ3) is 3.18. The van der Waals surface area contributed by atoms with Gasteiger partial charge in [0.25, 0.3) is 0 Å². The number of methoxy groups -OCH3 is 1. The molecule has 2 aromatic rings. The monoisotopic (exact) mass is 326 g/mol. The van der Waals surface area contributed by atoms with Gasteiger partial charge >= 0.3 is 5.97 Å². The first kappa shape index (κ1) is 16.2. The Balaban J connectivity index is 1.91. The maximum atomic E-state index is 12.0. The molecule has 0 bridgehead atoms. The molecule has 1 aliphatic rings. The summed E-state index contributed by atoms with van der Waals surface area (Å²) in [5.41, 5.74) is 4.15. The van der Waals surface area contributed by atoms with Gasteiger partial charge < -0.3 is 15.5 Å². The molecular formula is C18H22N4O2. The number of rotatable bonds is 5. The minimum absolute atomic E-state index is 0.367. The number of carbonyl (C=O) groups excluding carboxylic acids is 1. The highest BCUT2D eigenvalue weighted by molar-refractivity contribution is 6.06. The molecule has 126 valence electrons. The van der Waals surface area contributed by atoms with Gasteiger partial charge in [-0.25, -0.2) is 4.79 Å². The number of ether oxygens (including phenoxy) is 1. The summed E-state index contributed by atoms with van der Waals surface area (Å²) >= 11 is 0. The van der Waals surface area contributed by atoms with E-state index in [0.29, 0.717) is 23.3 Å². The van der Waals surface area contributed by atoms with Crippen LogP contribution in [0.25, 0.3) is 10.9 Å². The predicted octanol–water partition coefficient (Wildman–Crippen LogP) is 3.45. The van der Waals surface area contributed by atoms with Crippen LogP contribution in [-0.4, -0.2) is 35.5 Å². The van der Waals surface area contributed by atoms with E-state index in [1.807, 2.05) is 25.1 Å². The van der Waals surface area contributed by atoms with Gasteiger partial charge in [0.1, 0.15) is 0 Å². The minimum atomic E-state index is -0.367. The molecule has 24 heavy (non-hydrogen) atoms. The van der Waals surface area contributed by atoms with Gasteiger partial charge in [0.15, 0.2) is 5.82 Å². The minimum Gasteiger partial charge on any atom is -0.465 e. The van der Waals surface area contributed by atoms with E-state index in [-0.39, 0.29) is 5.97 Å². The molecule has 1 aromatic heterocycles. The van der Waals surface area contributed by atoms with Crippen LogP contribution in [0.4, 0.5) is 5.82 Å². The smallest absolute Gasteiger partial charge is 0.340 e. The Morgan fingerprint density at radius 3 is 2.96 bits per heavy atom. The SMILES string of the molecule is CCc1cc(C(=O)OC)c2[nH]nc(NCC3=CC(=N)CCC3)c2c1. The molecule has 1 aromatic carbocycles. The van der Waals surface area contributed by atoms with Crippen molar-refractivity contribution in [1.82, 2.24) is 10.2 Å². The Hall–Kier alpha value is -2.63. The van der Waals surface area contributed by atoms with Crippen LogP contribution in [0.2, 0.25) is 0 Å². The van der Waals surface area contributed by atoms with E-state index in [1.54, 1.807) is 0 Å². The molecule has 0 atom stereocenters. The number of fused-ring (bicyclic) bond motifs is 1. The molecule has 0 saturated heterocycles. The number of esters is 1. The highest BCUT2D eigenvalue weighted by Gasteiger charge is 2.17. The zero-order chi connectivity index (χ0) is 17.1. The Morgan fingerprint density at radius 2 is 2.25 bits per heavy atom. The van der Waals surface area contributed by atoms with Crippen LogP contribution >= 0.6 is 0 Å². The zero-order valence-corrected chi connectivity index (χ0v) is 14.0. The average Bonchev–Trinajstić information content (AvgIpc) is 3.01. The molecule has 1 aliphatic carbocycles. The molecule has 0 fully saturated rings. The number of aromatic amines is 1. The van der Waals surface area contributed by atoms with Gasteiger partial charge in [0, 0.05) is 17.6 Å². The van der Waals surface area contributed by atoms with Crippen molar-refractivity contribution in [1.29, 1.82) is 5.41 Å². The number of hydrogen-bond donors (Lipinski definition) is 3. The van der Waals surface area contributed by atoms with Gasteiger partial charge in [-0.3, -0.25) is 5.10 Å². The summed E-state index contributed by atoms with van der Waals surface area (Å²) in [7, 11) is 1.38. The summed E-state index contributed by atoms with van der Waals surface area (Å²) in [5.74, 6) is 0.359. The first-order valence-corrected chi connectivity index (χ1v) is 8.22. The van der Waals surface area contributed by atoms with E-state index >= 15 is 0 Å². The van der Waals surface area contributed by atoms with E-state index < -0.39 is 0 Å². The van der Waals surface area contributed by atoms with E-state index in [1.165, 1.54) is 12.7 Å². The zero-order valence-electron chi connectivity index (χ0n) is 14.0. The Kier molecular flexibility index (Phi) is 4.64. The number of allylic oxidation sites excluding steroid dienone is 1. The molecule has 6 heteroatoms. The van der Waals surface area contributed by atoms with Gasteiger partial charge in [0.2, 0.25) is 0 Å². The van der Waals surface area contributed by atoms with Gasteiger partial charge in [0.05, 0.1) is 18.2 Å². The van der Waals surface area contributed by atoms with Crippen LogP contribution in [0.5, 0.6) is 0 Å². The molecule has 0 radical (unpaired) electrons. The Labute approximate surface area is 140 Å². The number of carbonyl (C=O) groups is 1. The lowest BCUT2D eigenvalue weighted by molar-refractivity contribution is 0.0602. The third-order valence-corrected chi connectivity index (χ3v) is 4.35. The maximum absolute atomic E-state index is 12.0. The summed E-state index contributed by atoms with van der Waals surface area (Å²) in [6.45, 7) is 2.71. The molecule has 0 saturated carbocycles. The van der Waals surface area contributed by atoms with Gasteiger partial charge in [-0.15, -0.1) is 0 Å². The molecule has 0 spiro atoms. The quantitative estimate of drug-likeness (QED) is 0.734. The van der Waals surface area contributed by atoms with Crippen molar-refractivity contribution in [3.63, 3.8) is 0 Å². The number of nitrogens with zero attached hydrogens (tertiary/aromatic N) is 1. The van der Waals surface area contributed by atoms with Crippen molar-refractivity contribution >= 4 is 28.4 Å². The topological polar surface area (TPSA) is 90.9 Å². The molecular weight excluding hydrogens is 304 g/mol. The predicted molar refractivity (Wildman–Crippen MR) is 95.0 cm³/mol. The second-order valence-corrected chi connectivity index (χ2v) is 6.02. The number of anilines is 1. The first-order chi connectivity index (χ1) is 11.6. The fraction of sp³-hybridized carbons (Fsp3) is 0.389. The summed E-state index contributed by atoms with van der Waals surface area (Å²) in [6.07, 6.45) is 5.66.